The Bertz CT molecular complexity index is 74.0. The van der Waals surface area contributed by atoms with Crippen molar-refractivity contribution in [3.8, 4) is 0 Å². The van der Waals surface area contributed by atoms with Gasteiger partial charge in [-0.2, -0.15) is 0 Å². The third-order valence-electron chi connectivity index (χ3n) is 1.86. The van der Waals surface area contributed by atoms with E-state index in [1.807, 2.05) is 0 Å². The van der Waals surface area contributed by atoms with Crippen molar-refractivity contribution in [1.29, 1.82) is 0 Å². The largest absolute Gasteiger partial charge is 0.306 e. The fourth-order valence-electron chi connectivity index (χ4n) is 1.09. The fraction of sp³-hybridized carbons (Fsp3) is 1.00. The van der Waals surface area contributed by atoms with Gasteiger partial charge in [0, 0.05) is 6.54 Å². The molecule has 1 radical (unpaired) electrons. The van der Waals surface area contributed by atoms with Crippen LogP contribution in [-0.4, -0.2) is 31.6 Å². The molecule has 0 amide bonds. The van der Waals surface area contributed by atoms with E-state index < -0.39 is 0 Å². The summed E-state index contributed by atoms with van der Waals surface area (Å²) >= 11 is 0. The zero-order valence-corrected chi connectivity index (χ0v) is 7.90. The van der Waals surface area contributed by atoms with Gasteiger partial charge in [0.25, 0.3) is 0 Å². The number of hydrogen-bond donors (Lipinski definition) is 0. The Morgan fingerprint density at radius 1 is 1.09 bits per heavy atom. The molecule has 2 nitrogen and oxygen atoms in total. The molecular formula is C9H21N2. The summed E-state index contributed by atoms with van der Waals surface area (Å²) in [6.07, 6.45) is 4.96. The van der Waals surface area contributed by atoms with Gasteiger partial charge in [0.2, 0.25) is 0 Å². The van der Waals surface area contributed by atoms with Gasteiger partial charge in [-0.3, -0.25) is 5.73 Å². The van der Waals surface area contributed by atoms with Crippen molar-refractivity contribution in [3.05, 3.63) is 0 Å². The minimum Gasteiger partial charge on any atom is -0.306 e. The van der Waals surface area contributed by atoms with Gasteiger partial charge in [-0.25, -0.2) is 0 Å². The lowest BCUT2D eigenvalue weighted by molar-refractivity contribution is 0.322. The monoisotopic (exact) mass is 157 g/mol. The lowest BCUT2D eigenvalue weighted by Gasteiger charge is -2.14. The molecule has 0 aliphatic rings. The maximum Gasteiger partial charge on any atom is 0.0112 e. The molecule has 0 aliphatic carbocycles. The van der Waals surface area contributed by atoms with Crippen LogP contribution in [0.1, 0.15) is 32.6 Å². The Labute approximate surface area is 70.8 Å². The van der Waals surface area contributed by atoms with Gasteiger partial charge in [0.05, 0.1) is 0 Å². The Morgan fingerprint density at radius 2 is 1.73 bits per heavy atom. The van der Waals surface area contributed by atoms with Crippen LogP contribution < -0.4 is 5.73 Å². The number of nitrogens with one attached hydrogen (secondary N) is 1. The molecule has 1 N–H and O–H groups in total. The Hall–Kier alpha value is -0.0800. The molecule has 0 aromatic rings. The van der Waals surface area contributed by atoms with Crippen LogP contribution in [0.2, 0.25) is 0 Å². The quantitative estimate of drug-likeness (QED) is 0.517. The molecular weight excluding hydrogens is 136 g/mol. The van der Waals surface area contributed by atoms with E-state index in [4.69, 9.17) is 5.73 Å². The van der Waals surface area contributed by atoms with Crippen LogP contribution in [0.5, 0.6) is 0 Å². The van der Waals surface area contributed by atoms with E-state index in [0.29, 0.717) is 6.54 Å². The van der Waals surface area contributed by atoms with Crippen molar-refractivity contribution < 1.29 is 0 Å². The van der Waals surface area contributed by atoms with Gasteiger partial charge < -0.3 is 4.90 Å². The second kappa shape index (κ2) is 8.02. The summed E-state index contributed by atoms with van der Waals surface area (Å²) in [6.45, 7) is 5.09. The Morgan fingerprint density at radius 3 is 2.27 bits per heavy atom. The predicted molar refractivity (Wildman–Crippen MR) is 49.6 cm³/mol. The highest BCUT2D eigenvalue weighted by Gasteiger charge is 1.95. The number of hydrogen-bond acceptors (Lipinski definition) is 1. The van der Waals surface area contributed by atoms with Crippen molar-refractivity contribution >= 4 is 0 Å². The molecule has 0 aromatic heterocycles. The zero-order valence-electron chi connectivity index (χ0n) is 7.90. The summed E-state index contributed by atoms with van der Waals surface area (Å²) in [5, 5.41) is 0. The van der Waals surface area contributed by atoms with Crippen molar-refractivity contribution in [2.45, 2.75) is 32.6 Å². The van der Waals surface area contributed by atoms with Gasteiger partial charge in [-0.1, -0.05) is 19.8 Å². The topological polar surface area (TPSA) is 27.0 Å². The SMILES string of the molecule is CCCCCN(C)CCC[NH]. The van der Waals surface area contributed by atoms with Crippen LogP contribution in [0.25, 0.3) is 0 Å². The van der Waals surface area contributed by atoms with Crippen LogP contribution in [0.15, 0.2) is 0 Å². The van der Waals surface area contributed by atoms with E-state index in [9.17, 15) is 0 Å². The van der Waals surface area contributed by atoms with Crippen LogP contribution >= 0.6 is 0 Å². The predicted octanol–water partition coefficient (Wildman–Crippen LogP) is 1.78. The zero-order chi connectivity index (χ0) is 8.53. The summed E-state index contributed by atoms with van der Waals surface area (Å²) in [5.41, 5.74) is 6.98. The third-order valence-corrected chi connectivity index (χ3v) is 1.86. The van der Waals surface area contributed by atoms with Crippen LogP contribution in [0.3, 0.4) is 0 Å². The maximum atomic E-state index is 6.98. The summed E-state index contributed by atoms with van der Waals surface area (Å²) in [7, 11) is 2.14. The minimum absolute atomic E-state index is 0.568. The molecule has 67 valence electrons. The molecule has 0 atom stereocenters. The Kier molecular flexibility index (Phi) is 7.96. The first-order valence-electron chi connectivity index (χ1n) is 4.64. The molecule has 0 bridgehead atoms. The molecule has 0 rings (SSSR count). The van der Waals surface area contributed by atoms with Crippen LogP contribution in [0.4, 0.5) is 0 Å². The average molecular weight is 157 g/mol. The molecule has 0 aliphatic heterocycles. The molecule has 0 unspecified atom stereocenters. The molecule has 0 fully saturated rings. The second-order valence-corrected chi connectivity index (χ2v) is 3.11. The van der Waals surface area contributed by atoms with Crippen LogP contribution in [0, 0.1) is 0 Å². The number of unbranched alkanes of at least 4 members (excludes halogenated alkanes) is 2. The third kappa shape index (κ3) is 7.82. The first kappa shape index (κ1) is 10.9. The highest BCUT2D eigenvalue weighted by Crippen LogP contribution is 1.96. The first-order chi connectivity index (χ1) is 5.31. The van der Waals surface area contributed by atoms with E-state index in [2.05, 4.69) is 18.9 Å². The van der Waals surface area contributed by atoms with E-state index in [1.165, 1.54) is 25.8 Å². The number of nitrogens with zero attached hydrogens (tertiary/aromatic N) is 1. The summed E-state index contributed by atoms with van der Waals surface area (Å²) in [4.78, 5) is 2.32. The smallest absolute Gasteiger partial charge is 0.0112 e. The van der Waals surface area contributed by atoms with Gasteiger partial charge in [-0.15, -0.1) is 0 Å². The van der Waals surface area contributed by atoms with Gasteiger partial charge in [-0.05, 0) is 33.0 Å². The van der Waals surface area contributed by atoms with Crippen molar-refractivity contribution in [2.24, 2.45) is 0 Å². The number of rotatable bonds is 7. The van der Waals surface area contributed by atoms with Crippen LogP contribution in [-0.2, 0) is 0 Å². The molecule has 0 aromatic carbocycles. The van der Waals surface area contributed by atoms with Gasteiger partial charge in [0.1, 0.15) is 0 Å². The molecule has 11 heavy (non-hydrogen) atoms. The fourth-order valence-corrected chi connectivity index (χ4v) is 1.09. The lowest BCUT2D eigenvalue weighted by atomic mass is 10.2. The van der Waals surface area contributed by atoms with Crippen molar-refractivity contribution in [1.82, 2.24) is 10.6 Å². The minimum atomic E-state index is 0.568. The van der Waals surface area contributed by atoms with Crippen molar-refractivity contribution in [2.75, 3.05) is 26.7 Å². The van der Waals surface area contributed by atoms with E-state index in [0.717, 1.165) is 13.0 Å². The molecule has 0 saturated heterocycles. The van der Waals surface area contributed by atoms with Gasteiger partial charge >= 0.3 is 0 Å². The summed E-state index contributed by atoms with van der Waals surface area (Å²) < 4.78 is 0. The van der Waals surface area contributed by atoms with Crippen molar-refractivity contribution in [3.63, 3.8) is 0 Å². The van der Waals surface area contributed by atoms with E-state index in [1.54, 1.807) is 0 Å². The average Bonchev–Trinajstić information content (AvgIpc) is 2.01. The first-order valence-corrected chi connectivity index (χ1v) is 4.64. The maximum absolute atomic E-state index is 6.98. The summed E-state index contributed by atoms with van der Waals surface area (Å²) in [5.74, 6) is 0. The van der Waals surface area contributed by atoms with Gasteiger partial charge in [0.15, 0.2) is 0 Å². The standard InChI is InChI=1S/C9H21N2/c1-3-4-5-8-11(2)9-6-7-10/h10H,3-9H2,1-2H3. The highest BCUT2D eigenvalue weighted by atomic mass is 15.1. The van der Waals surface area contributed by atoms with E-state index in [-0.39, 0.29) is 0 Å². The molecule has 2 heteroatoms. The molecule has 0 saturated carbocycles. The second-order valence-electron chi connectivity index (χ2n) is 3.11. The lowest BCUT2D eigenvalue weighted by Crippen LogP contribution is -2.21. The molecule has 0 heterocycles. The highest BCUT2D eigenvalue weighted by molar-refractivity contribution is 4.51. The normalized spacial score (nSPS) is 10.9. The molecule has 0 spiro atoms. The van der Waals surface area contributed by atoms with E-state index >= 15 is 0 Å². The Balaban J connectivity index is 3.02. The summed E-state index contributed by atoms with van der Waals surface area (Å²) in [6, 6.07) is 0.